The average Bonchev–Trinajstić information content (AvgIpc) is 3.31. The smallest absolute Gasteiger partial charge is 0.407 e. The monoisotopic (exact) mass is 613 g/mol. The second kappa shape index (κ2) is 14.1. The number of rotatable bonds is 10. The number of carbonyl (C=O) groups excluding carboxylic acids is 4. The Kier molecular flexibility index (Phi) is 10.2. The number of amides is 3. The number of hydrogen-bond acceptors (Lipinski definition) is 8. The normalized spacial score (nSPS) is 13.4. The molecule has 0 aliphatic carbocycles. The second-order valence-electron chi connectivity index (χ2n) is 11.8. The molecule has 0 saturated heterocycles. The number of hydrogen-bond donors (Lipinski definition) is 3. The summed E-state index contributed by atoms with van der Waals surface area (Å²) in [7, 11) is 5.42. The van der Waals surface area contributed by atoms with Gasteiger partial charge in [0.2, 0.25) is 5.91 Å². The summed E-state index contributed by atoms with van der Waals surface area (Å²) in [5.41, 5.74) is 3.98. The molecule has 3 aromatic carbocycles. The van der Waals surface area contributed by atoms with Gasteiger partial charge in [0.1, 0.15) is 12.2 Å². The summed E-state index contributed by atoms with van der Waals surface area (Å²) in [4.78, 5) is 53.8. The zero-order chi connectivity index (χ0) is 32.7. The molecule has 236 valence electrons. The van der Waals surface area contributed by atoms with E-state index in [4.69, 9.17) is 9.47 Å². The molecule has 0 unspecified atom stereocenters. The summed E-state index contributed by atoms with van der Waals surface area (Å²) in [5.74, 6) is -0.951. The van der Waals surface area contributed by atoms with E-state index in [1.807, 2.05) is 73.6 Å². The van der Waals surface area contributed by atoms with Gasteiger partial charge in [-0.15, -0.1) is 0 Å². The molecule has 45 heavy (non-hydrogen) atoms. The summed E-state index contributed by atoms with van der Waals surface area (Å²) in [5, 5.41) is 8.81. The maximum Gasteiger partial charge on any atom is 0.407 e. The summed E-state index contributed by atoms with van der Waals surface area (Å²) >= 11 is 0. The third-order valence-electron chi connectivity index (χ3n) is 6.67. The van der Waals surface area contributed by atoms with Crippen molar-refractivity contribution in [2.24, 2.45) is 0 Å². The van der Waals surface area contributed by atoms with Gasteiger partial charge in [-0.25, -0.2) is 9.59 Å². The van der Waals surface area contributed by atoms with E-state index in [0.29, 0.717) is 29.1 Å². The van der Waals surface area contributed by atoms with Crippen molar-refractivity contribution < 1.29 is 28.7 Å². The van der Waals surface area contributed by atoms with Gasteiger partial charge < -0.3 is 35.2 Å². The first-order chi connectivity index (χ1) is 21.3. The first-order valence-corrected chi connectivity index (χ1v) is 14.5. The van der Waals surface area contributed by atoms with Gasteiger partial charge in [0, 0.05) is 24.0 Å². The van der Waals surface area contributed by atoms with Gasteiger partial charge in [-0.3, -0.25) is 9.59 Å². The minimum Gasteiger partial charge on any atom is -0.460 e. The highest BCUT2D eigenvalue weighted by Crippen LogP contribution is 2.38. The van der Waals surface area contributed by atoms with Crippen LogP contribution in [-0.2, 0) is 19.1 Å². The summed E-state index contributed by atoms with van der Waals surface area (Å²) < 4.78 is 10.5. The third-order valence-corrected chi connectivity index (χ3v) is 6.67. The van der Waals surface area contributed by atoms with E-state index in [-0.39, 0.29) is 30.5 Å². The van der Waals surface area contributed by atoms with Crippen LogP contribution < -0.4 is 20.9 Å². The number of benzene rings is 3. The predicted octanol–water partition coefficient (Wildman–Crippen LogP) is 4.83. The Morgan fingerprint density at radius 2 is 1.58 bits per heavy atom. The number of fused-ring (bicyclic) bond motifs is 1. The first-order valence-electron chi connectivity index (χ1n) is 14.5. The molecular formula is C34H39N5O6. The number of ether oxygens (including phenoxy) is 2. The van der Waals surface area contributed by atoms with Crippen LogP contribution in [0.15, 0.2) is 72.8 Å². The van der Waals surface area contributed by atoms with E-state index in [0.717, 1.165) is 16.9 Å². The standard InChI is InChI=1S/C34H39N5O6/c1-34(2,3)45-33(43)35-18-19-44-32(42)23-12-17-26-27(20-23)37-31(41)29(26)30(22-10-8-7-9-11-22)36-24-13-15-25(16-14-24)39(6)28(40)21-38(4)5/h7-17,20,36H,18-19,21H2,1-6H3,(H,35,43)(H,37,41)/b30-29+. The van der Waals surface area contributed by atoms with Crippen LogP contribution in [0.3, 0.4) is 0 Å². The number of likely N-dealkylation sites (N-methyl/N-ethyl adjacent to an activating group) is 2. The van der Waals surface area contributed by atoms with Gasteiger partial charge in [0.15, 0.2) is 0 Å². The van der Waals surface area contributed by atoms with E-state index in [9.17, 15) is 19.2 Å². The van der Waals surface area contributed by atoms with E-state index in [2.05, 4.69) is 16.0 Å². The Balaban J connectivity index is 1.53. The molecule has 1 heterocycles. The van der Waals surface area contributed by atoms with E-state index >= 15 is 0 Å². The lowest BCUT2D eigenvalue weighted by atomic mass is 9.99. The Labute approximate surface area is 263 Å². The zero-order valence-corrected chi connectivity index (χ0v) is 26.4. The second-order valence-corrected chi connectivity index (χ2v) is 11.8. The maximum atomic E-state index is 13.4. The fraction of sp³-hybridized carbons (Fsp3) is 0.294. The molecule has 0 atom stereocenters. The highest BCUT2D eigenvalue weighted by atomic mass is 16.6. The Bertz CT molecular complexity index is 1590. The molecule has 11 nitrogen and oxygen atoms in total. The fourth-order valence-corrected chi connectivity index (χ4v) is 4.56. The van der Waals surface area contributed by atoms with Crippen LogP contribution in [0.5, 0.6) is 0 Å². The van der Waals surface area contributed by atoms with Gasteiger partial charge in [-0.2, -0.15) is 0 Å². The first kappa shape index (κ1) is 32.7. The molecule has 4 rings (SSSR count). The van der Waals surface area contributed by atoms with Gasteiger partial charge in [-0.05, 0) is 76.8 Å². The summed E-state index contributed by atoms with van der Waals surface area (Å²) in [6.45, 7) is 5.60. The van der Waals surface area contributed by atoms with Crippen LogP contribution >= 0.6 is 0 Å². The minimum absolute atomic E-state index is 0.0345. The third kappa shape index (κ3) is 8.70. The van der Waals surface area contributed by atoms with E-state index in [1.54, 1.807) is 50.9 Å². The number of esters is 1. The van der Waals surface area contributed by atoms with Crippen LogP contribution in [0.25, 0.3) is 11.3 Å². The number of nitrogens with one attached hydrogen (secondary N) is 3. The molecule has 1 aliphatic heterocycles. The van der Waals surface area contributed by atoms with Gasteiger partial charge in [-0.1, -0.05) is 36.4 Å². The van der Waals surface area contributed by atoms with Crippen molar-refractivity contribution in [3.8, 4) is 0 Å². The lowest BCUT2D eigenvalue weighted by molar-refractivity contribution is -0.119. The minimum atomic E-state index is -0.631. The molecule has 0 saturated carbocycles. The van der Waals surface area contributed by atoms with Crippen molar-refractivity contribution in [1.29, 1.82) is 0 Å². The van der Waals surface area contributed by atoms with Crippen LogP contribution in [-0.4, -0.2) is 75.2 Å². The largest absolute Gasteiger partial charge is 0.460 e. The molecule has 0 fully saturated rings. The molecule has 11 heteroatoms. The van der Waals surface area contributed by atoms with Crippen molar-refractivity contribution in [2.75, 3.05) is 56.4 Å². The maximum absolute atomic E-state index is 13.4. The van der Waals surface area contributed by atoms with Crippen LogP contribution in [0.1, 0.15) is 42.3 Å². The SMILES string of the molecule is CN(C)CC(=O)N(C)c1ccc(N/C(=C2/C(=O)Nc3cc(C(=O)OCCNC(=O)OC(C)(C)C)ccc32)c2ccccc2)cc1. The van der Waals surface area contributed by atoms with Crippen LogP contribution in [0.4, 0.5) is 21.9 Å². The molecule has 0 spiro atoms. The Hall–Kier alpha value is -5.16. The molecule has 3 amide bonds. The topological polar surface area (TPSA) is 129 Å². The average molecular weight is 614 g/mol. The number of alkyl carbamates (subject to hydrolysis) is 1. The number of nitrogens with zero attached hydrogens (tertiary/aromatic N) is 2. The molecule has 3 aromatic rings. The summed E-state index contributed by atoms with van der Waals surface area (Å²) in [6, 6.07) is 21.7. The van der Waals surface area contributed by atoms with Crippen molar-refractivity contribution in [3.05, 3.63) is 89.5 Å². The van der Waals surface area contributed by atoms with Crippen molar-refractivity contribution in [3.63, 3.8) is 0 Å². The van der Waals surface area contributed by atoms with E-state index in [1.165, 1.54) is 0 Å². The predicted molar refractivity (Wildman–Crippen MR) is 175 cm³/mol. The van der Waals surface area contributed by atoms with Gasteiger partial charge in [0.25, 0.3) is 5.91 Å². The van der Waals surface area contributed by atoms with E-state index < -0.39 is 17.7 Å². The van der Waals surface area contributed by atoms with Crippen LogP contribution in [0, 0.1) is 0 Å². The molecule has 1 aliphatic rings. The van der Waals surface area contributed by atoms with Crippen LogP contribution in [0.2, 0.25) is 0 Å². The van der Waals surface area contributed by atoms with Crippen molar-refractivity contribution in [1.82, 2.24) is 10.2 Å². The molecular weight excluding hydrogens is 574 g/mol. The Morgan fingerprint density at radius 3 is 2.22 bits per heavy atom. The lowest BCUT2D eigenvalue weighted by Crippen LogP contribution is -2.34. The van der Waals surface area contributed by atoms with Gasteiger partial charge >= 0.3 is 12.1 Å². The highest BCUT2D eigenvalue weighted by molar-refractivity contribution is 6.37. The number of anilines is 3. The summed E-state index contributed by atoms with van der Waals surface area (Å²) in [6.07, 6.45) is -0.598. The number of carbonyl (C=O) groups is 4. The lowest BCUT2D eigenvalue weighted by Gasteiger charge is -2.20. The van der Waals surface area contributed by atoms with Crippen molar-refractivity contribution in [2.45, 2.75) is 26.4 Å². The molecule has 3 N–H and O–H groups in total. The fourth-order valence-electron chi connectivity index (χ4n) is 4.56. The Morgan fingerprint density at radius 1 is 0.889 bits per heavy atom. The highest BCUT2D eigenvalue weighted by Gasteiger charge is 2.29. The molecule has 0 radical (unpaired) electrons. The van der Waals surface area contributed by atoms with Crippen molar-refractivity contribution >= 4 is 52.2 Å². The quantitative estimate of drug-likeness (QED) is 0.169. The zero-order valence-electron chi connectivity index (χ0n) is 26.4. The van der Waals surface area contributed by atoms with Gasteiger partial charge in [0.05, 0.1) is 35.6 Å². The molecule has 0 bridgehead atoms. The molecule has 0 aromatic heterocycles.